The lowest BCUT2D eigenvalue weighted by Crippen LogP contribution is -2.35. The number of nitrogens with zero attached hydrogens (tertiary/aromatic N) is 2. The lowest BCUT2D eigenvalue weighted by molar-refractivity contribution is 0.0955. The van der Waals surface area contributed by atoms with Crippen LogP contribution in [-0.2, 0) is 11.3 Å². The second-order valence-corrected chi connectivity index (χ2v) is 6.95. The average Bonchev–Trinajstić information content (AvgIpc) is 3.18. The van der Waals surface area contributed by atoms with E-state index in [4.69, 9.17) is 15.2 Å². The van der Waals surface area contributed by atoms with Crippen LogP contribution in [0.15, 0.2) is 52.6 Å². The fourth-order valence-corrected chi connectivity index (χ4v) is 3.88. The number of aryl methyl sites for hydroxylation is 1. The summed E-state index contributed by atoms with van der Waals surface area (Å²) in [7, 11) is 0. The first-order chi connectivity index (χ1) is 13.1. The molecule has 0 aliphatic carbocycles. The topological polar surface area (TPSA) is 90.3 Å². The number of aromatic nitrogens is 1. The Morgan fingerprint density at radius 1 is 1.33 bits per heavy atom. The molecule has 2 N–H and O–H groups in total. The maximum absolute atomic E-state index is 13.4. The van der Waals surface area contributed by atoms with E-state index in [1.54, 1.807) is 4.57 Å². The van der Waals surface area contributed by atoms with E-state index < -0.39 is 5.92 Å². The molecule has 0 saturated carbocycles. The van der Waals surface area contributed by atoms with Crippen LogP contribution < -0.4 is 16.0 Å². The van der Waals surface area contributed by atoms with Gasteiger partial charge in [0.1, 0.15) is 17.4 Å². The van der Waals surface area contributed by atoms with E-state index in [0.717, 1.165) is 30.7 Å². The van der Waals surface area contributed by atoms with E-state index in [-0.39, 0.29) is 23.1 Å². The maximum atomic E-state index is 13.4. The van der Waals surface area contributed by atoms with Crippen LogP contribution in [-0.4, -0.2) is 17.3 Å². The summed E-state index contributed by atoms with van der Waals surface area (Å²) in [4.78, 5) is 13.4. The van der Waals surface area contributed by atoms with Crippen molar-refractivity contribution in [1.82, 2.24) is 4.57 Å². The molecule has 1 fully saturated rings. The molecule has 6 nitrogen and oxygen atoms in total. The van der Waals surface area contributed by atoms with Crippen LogP contribution >= 0.6 is 0 Å². The summed E-state index contributed by atoms with van der Waals surface area (Å²) in [5, 5.41) is 9.67. The average molecular weight is 363 g/mol. The Labute approximate surface area is 157 Å². The lowest BCUT2D eigenvalue weighted by atomic mass is 9.84. The summed E-state index contributed by atoms with van der Waals surface area (Å²) in [6.07, 6.45) is 1.99. The molecule has 138 valence electrons. The van der Waals surface area contributed by atoms with E-state index >= 15 is 0 Å². The molecular formula is C21H21N3O3. The van der Waals surface area contributed by atoms with E-state index in [0.29, 0.717) is 17.9 Å². The van der Waals surface area contributed by atoms with Crippen LogP contribution in [0, 0.1) is 18.3 Å². The highest BCUT2D eigenvalue weighted by molar-refractivity contribution is 5.55. The van der Waals surface area contributed by atoms with Gasteiger partial charge in [-0.25, -0.2) is 0 Å². The van der Waals surface area contributed by atoms with Crippen molar-refractivity contribution in [2.45, 2.75) is 38.3 Å². The summed E-state index contributed by atoms with van der Waals surface area (Å²) in [5.41, 5.74) is 8.19. The fourth-order valence-electron chi connectivity index (χ4n) is 3.88. The number of benzene rings is 1. The van der Waals surface area contributed by atoms with Gasteiger partial charge in [-0.05, 0) is 25.3 Å². The number of hydrogen-bond acceptors (Lipinski definition) is 5. The molecule has 1 aromatic carbocycles. The quantitative estimate of drug-likeness (QED) is 0.905. The van der Waals surface area contributed by atoms with Crippen molar-refractivity contribution in [2.24, 2.45) is 5.73 Å². The van der Waals surface area contributed by atoms with E-state index in [2.05, 4.69) is 6.07 Å². The van der Waals surface area contributed by atoms with Crippen LogP contribution in [0.1, 0.15) is 35.6 Å². The highest BCUT2D eigenvalue weighted by Gasteiger charge is 2.34. The first-order valence-corrected chi connectivity index (χ1v) is 9.08. The van der Waals surface area contributed by atoms with Gasteiger partial charge >= 0.3 is 0 Å². The van der Waals surface area contributed by atoms with Gasteiger partial charge < -0.3 is 19.8 Å². The van der Waals surface area contributed by atoms with Crippen LogP contribution in [0.4, 0.5) is 0 Å². The minimum Gasteiger partial charge on any atom is -0.440 e. The highest BCUT2D eigenvalue weighted by Crippen LogP contribution is 2.40. The molecule has 1 aromatic heterocycles. The zero-order valence-electron chi connectivity index (χ0n) is 15.1. The van der Waals surface area contributed by atoms with E-state index in [1.165, 1.54) is 0 Å². The first-order valence-electron chi connectivity index (χ1n) is 9.08. The Bertz CT molecular complexity index is 996. The SMILES string of the molecule is Cc1cc2c(c(=O)n1C[C@H]1CCCO1)[C@H](c1ccccc1)C(C#N)=C(N)O2. The third kappa shape index (κ3) is 3.00. The van der Waals surface area contributed by atoms with Crippen molar-refractivity contribution < 1.29 is 9.47 Å². The highest BCUT2D eigenvalue weighted by atomic mass is 16.5. The number of nitriles is 1. The fraction of sp³-hybridized carbons (Fsp3) is 0.333. The van der Waals surface area contributed by atoms with Gasteiger partial charge in [-0.15, -0.1) is 0 Å². The Morgan fingerprint density at radius 2 is 2.11 bits per heavy atom. The van der Waals surface area contributed by atoms with Gasteiger partial charge in [0.25, 0.3) is 5.56 Å². The number of hydrogen-bond donors (Lipinski definition) is 1. The van der Waals surface area contributed by atoms with E-state index in [1.807, 2.05) is 43.3 Å². The van der Waals surface area contributed by atoms with Crippen LogP contribution in [0.5, 0.6) is 5.75 Å². The first kappa shape index (κ1) is 17.4. The van der Waals surface area contributed by atoms with E-state index in [9.17, 15) is 10.1 Å². The third-order valence-electron chi connectivity index (χ3n) is 5.23. The molecule has 0 amide bonds. The van der Waals surface area contributed by atoms with Crippen LogP contribution in [0.3, 0.4) is 0 Å². The second kappa shape index (κ2) is 6.93. The summed E-state index contributed by atoms with van der Waals surface area (Å²) in [5.74, 6) is -0.0650. The molecule has 6 heteroatoms. The molecule has 3 heterocycles. The Kier molecular flexibility index (Phi) is 4.46. The monoisotopic (exact) mass is 363 g/mol. The van der Waals surface area contributed by atoms with Crippen molar-refractivity contribution in [1.29, 1.82) is 5.26 Å². The largest absolute Gasteiger partial charge is 0.440 e. The standard InChI is InChI=1S/C21H21N3O3/c1-13-10-17-19(21(25)24(13)12-15-8-5-9-26-15)18(14-6-3-2-4-7-14)16(11-22)20(23)27-17/h2-4,6-7,10,15,18H,5,8-9,12,23H2,1H3/t15-,18-/m1/s1. The number of ether oxygens (including phenoxy) is 2. The van der Waals surface area contributed by atoms with Crippen molar-refractivity contribution in [3.05, 3.63) is 75.0 Å². The molecule has 2 aliphatic heterocycles. The molecule has 0 radical (unpaired) electrons. The normalized spacial score (nSPS) is 21.5. The Balaban J connectivity index is 1.89. The van der Waals surface area contributed by atoms with Gasteiger partial charge in [-0.2, -0.15) is 5.26 Å². The summed E-state index contributed by atoms with van der Waals surface area (Å²) >= 11 is 0. The molecule has 4 rings (SSSR count). The summed E-state index contributed by atoms with van der Waals surface area (Å²) < 4.78 is 13.1. The van der Waals surface area contributed by atoms with Gasteiger partial charge in [-0.1, -0.05) is 30.3 Å². The number of nitrogens with two attached hydrogens (primary N) is 1. The molecule has 2 atom stereocenters. The molecular weight excluding hydrogens is 342 g/mol. The minimum atomic E-state index is -0.538. The smallest absolute Gasteiger partial charge is 0.258 e. The molecule has 2 aliphatic rings. The molecule has 0 bridgehead atoms. The zero-order valence-corrected chi connectivity index (χ0v) is 15.1. The van der Waals surface area contributed by atoms with Gasteiger partial charge in [0.05, 0.1) is 24.1 Å². The number of allylic oxidation sites excluding steroid dienone is 1. The van der Waals surface area contributed by atoms with Crippen molar-refractivity contribution in [3.8, 4) is 11.8 Å². The van der Waals surface area contributed by atoms with Gasteiger partial charge in [0.15, 0.2) is 0 Å². The Morgan fingerprint density at radius 3 is 2.78 bits per heavy atom. The van der Waals surface area contributed by atoms with Crippen molar-refractivity contribution in [3.63, 3.8) is 0 Å². The summed E-state index contributed by atoms with van der Waals surface area (Å²) in [6, 6.07) is 13.4. The predicted molar refractivity (Wildman–Crippen MR) is 100 cm³/mol. The second-order valence-electron chi connectivity index (χ2n) is 6.95. The predicted octanol–water partition coefficient (Wildman–Crippen LogP) is 2.55. The van der Waals surface area contributed by atoms with Crippen molar-refractivity contribution >= 4 is 0 Å². The van der Waals surface area contributed by atoms with Crippen LogP contribution in [0.25, 0.3) is 0 Å². The lowest BCUT2D eigenvalue weighted by Gasteiger charge is -2.27. The molecule has 2 aromatic rings. The minimum absolute atomic E-state index is 0.0372. The van der Waals surface area contributed by atoms with Gasteiger partial charge in [-0.3, -0.25) is 4.79 Å². The molecule has 1 saturated heterocycles. The molecule has 0 unspecified atom stereocenters. The number of fused-ring (bicyclic) bond motifs is 1. The summed E-state index contributed by atoms with van der Waals surface area (Å²) in [6.45, 7) is 3.11. The third-order valence-corrected chi connectivity index (χ3v) is 5.23. The Hall–Kier alpha value is -3.04. The number of rotatable bonds is 3. The van der Waals surface area contributed by atoms with Crippen molar-refractivity contribution in [2.75, 3.05) is 6.61 Å². The zero-order chi connectivity index (χ0) is 19.0. The molecule has 27 heavy (non-hydrogen) atoms. The number of pyridine rings is 1. The molecule has 0 spiro atoms. The van der Waals surface area contributed by atoms with Crippen LogP contribution in [0.2, 0.25) is 0 Å². The maximum Gasteiger partial charge on any atom is 0.258 e. The van der Waals surface area contributed by atoms with Gasteiger partial charge in [0.2, 0.25) is 5.88 Å². The van der Waals surface area contributed by atoms with Gasteiger partial charge in [0, 0.05) is 18.4 Å².